The van der Waals surface area contributed by atoms with Crippen LogP contribution in [0.2, 0.25) is 0 Å². The van der Waals surface area contributed by atoms with Gasteiger partial charge in [0, 0.05) is 5.54 Å². The lowest BCUT2D eigenvalue weighted by Crippen LogP contribution is -2.61. The summed E-state index contributed by atoms with van der Waals surface area (Å²) in [6.45, 7) is 5.28. The van der Waals surface area contributed by atoms with Crippen molar-refractivity contribution in [2.45, 2.75) is 45.1 Å². The Morgan fingerprint density at radius 1 is 1.11 bits per heavy atom. The molecule has 2 rings (SSSR count). The summed E-state index contributed by atoms with van der Waals surface area (Å²) in [5.74, 6) is 0. The van der Waals surface area contributed by atoms with Crippen LogP contribution in [0.1, 0.15) is 39.5 Å². The van der Waals surface area contributed by atoms with Gasteiger partial charge in [0.2, 0.25) is 0 Å². The molecule has 1 spiro atoms. The summed E-state index contributed by atoms with van der Waals surface area (Å²) in [5.41, 5.74) is 0.694. The summed E-state index contributed by atoms with van der Waals surface area (Å²) in [5, 5.41) is 3.46. The highest BCUT2D eigenvalue weighted by Gasteiger charge is 2.41. The molecule has 0 amide bonds. The molecule has 0 radical (unpaired) electrons. The summed E-state index contributed by atoms with van der Waals surface area (Å²) < 4.78 is 0. The third kappa shape index (κ3) is 1.11. The van der Waals surface area contributed by atoms with Crippen LogP contribution in [0, 0.1) is 0 Å². The SMILES string of the molecule is C1CC2(C1)CCN2.CC. The van der Waals surface area contributed by atoms with Crippen LogP contribution >= 0.6 is 0 Å². The van der Waals surface area contributed by atoms with Crippen molar-refractivity contribution in [2.24, 2.45) is 0 Å². The quantitative estimate of drug-likeness (QED) is 0.524. The lowest BCUT2D eigenvalue weighted by molar-refractivity contribution is 0.101. The van der Waals surface area contributed by atoms with Crippen LogP contribution in [-0.4, -0.2) is 12.1 Å². The molecule has 9 heavy (non-hydrogen) atoms. The Balaban J connectivity index is 0.000000186. The van der Waals surface area contributed by atoms with Gasteiger partial charge in [0.1, 0.15) is 0 Å². The zero-order chi connectivity index (χ0) is 6.74. The average molecular weight is 127 g/mol. The van der Waals surface area contributed by atoms with Crippen LogP contribution in [-0.2, 0) is 0 Å². The Morgan fingerprint density at radius 2 is 1.67 bits per heavy atom. The molecule has 1 aliphatic carbocycles. The van der Waals surface area contributed by atoms with Gasteiger partial charge in [-0.2, -0.15) is 0 Å². The minimum atomic E-state index is 0.694. The smallest absolute Gasteiger partial charge is 0.0193 e. The molecule has 1 heterocycles. The molecule has 1 saturated heterocycles. The summed E-state index contributed by atoms with van der Waals surface area (Å²) >= 11 is 0. The second kappa shape index (κ2) is 2.70. The van der Waals surface area contributed by atoms with Gasteiger partial charge in [0.25, 0.3) is 0 Å². The third-order valence-electron chi connectivity index (χ3n) is 2.41. The van der Waals surface area contributed by atoms with Gasteiger partial charge >= 0.3 is 0 Å². The Labute approximate surface area is 57.8 Å². The van der Waals surface area contributed by atoms with Crippen LogP contribution < -0.4 is 5.32 Å². The molecule has 1 heteroatoms. The first-order valence-electron chi connectivity index (χ1n) is 4.16. The van der Waals surface area contributed by atoms with E-state index in [0.29, 0.717) is 5.54 Å². The van der Waals surface area contributed by atoms with Crippen molar-refractivity contribution in [3.63, 3.8) is 0 Å². The summed E-state index contributed by atoms with van der Waals surface area (Å²) in [6, 6.07) is 0. The zero-order valence-corrected chi connectivity index (χ0v) is 6.54. The van der Waals surface area contributed by atoms with E-state index >= 15 is 0 Å². The minimum absolute atomic E-state index is 0.694. The number of hydrogen-bond acceptors (Lipinski definition) is 1. The maximum atomic E-state index is 3.46. The fourth-order valence-electron chi connectivity index (χ4n) is 1.51. The Kier molecular flexibility index (Phi) is 2.12. The molecule has 0 aromatic heterocycles. The van der Waals surface area contributed by atoms with E-state index in [2.05, 4.69) is 5.32 Å². The number of rotatable bonds is 0. The van der Waals surface area contributed by atoms with Crippen molar-refractivity contribution in [3.8, 4) is 0 Å². The fraction of sp³-hybridized carbons (Fsp3) is 1.00. The van der Waals surface area contributed by atoms with Crippen LogP contribution in [0.4, 0.5) is 0 Å². The van der Waals surface area contributed by atoms with Crippen LogP contribution in [0.5, 0.6) is 0 Å². The van der Waals surface area contributed by atoms with Crippen LogP contribution in [0.15, 0.2) is 0 Å². The fourth-order valence-corrected chi connectivity index (χ4v) is 1.51. The molecule has 0 unspecified atom stereocenters. The predicted molar refractivity (Wildman–Crippen MR) is 40.5 cm³/mol. The summed E-state index contributed by atoms with van der Waals surface area (Å²) in [4.78, 5) is 0. The lowest BCUT2D eigenvalue weighted by atomic mass is 9.70. The van der Waals surface area contributed by atoms with E-state index in [1.54, 1.807) is 0 Å². The van der Waals surface area contributed by atoms with Crippen molar-refractivity contribution in [2.75, 3.05) is 6.54 Å². The Hall–Kier alpha value is -0.0400. The highest BCUT2D eigenvalue weighted by Crippen LogP contribution is 2.38. The van der Waals surface area contributed by atoms with Gasteiger partial charge in [-0.05, 0) is 32.2 Å². The molecule has 0 aromatic carbocycles. The van der Waals surface area contributed by atoms with E-state index in [0.717, 1.165) is 0 Å². The van der Waals surface area contributed by atoms with Gasteiger partial charge in [0.05, 0.1) is 0 Å². The summed E-state index contributed by atoms with van der Waals surface area (Å²) in [6.07, 6.45) is 5.82. The first kappa shape index (κ1) is 7.07. The van der Waals surface area contributed by atoms with Gasteiger partial charge in [-0.15, -0.1) is 0 Å². The molecular weight excluding hydrogens is 110 g/mol. The van der Waals surface area contributed by atoms with Crippen LogP contribution in [0.3, 0.4) is 0 Å². The maximum absolute atomic E-state index is 3.46. The van der Waals surface area contributed by atoms with Crippen molar-refractivity contribution >= 4 is 0 Å². The van der Waals surface area contributed by atoms with Crippen molar-refractivity contribution in [3.05, 3.63) is 0 Å². The highest BCUT2D eigenvalue weighted by molar-refractivity contribution is 5.02. The minimum Gasteiger partial charge on any atom is -0.311 e. The Bertz CT molecular complexity index is 65.1. The van der Waals surface area contributed by atoms with Crippen molar-refractivity contribution in [1.82, 2.24) is 5.32 Å². The molecule has 1 N–H and O–H groups in total. The molecule has 0 atom stereocenters. The molecule has 2 aliphatic rings. The molecular formula is C8H17N. The van der Waals surface area contributed by atoms with E-state index in [4.69, 9.17) is 0 Å². The molecule has 54 valence electrons. The molecule has 1 aliphatic heterocycles. The topological polar surface area (TPSA) is 12.0 Å². The molecule has 1 saturated carbocycles. The van der Waals surface area contributed by atoms with Gasteiger partial charge in [-0.3, -0.25) is 0 Å². The molecule has 0 aromatic rings. The maximum Gasteiger partial charge on any atom is 0.0193 e. The second-order valence-electron chi connectivity index (χ2n) is 2.81. The monoisotopic (exact) mass is 127 g/mol. The standard InChI is InChI=1S/C6H11N.C2H6/c1-2-6(3-1)4-5-7-6;1-2/h7H,1-5H2;1-2H3. The first-order chi connectivity index (χ1) is 4.41. The predicted octanol–water partition coefficient (Wildman–Crippen LogP) is 1.93. The highest BCUT2D eigenvalue weighted by atomic mass is 15.1. The largest absolute Gasteiger partial charge is 0.311 e. The molecule has 2 fully saturated rings. The zero-order valence-electron chi connectivity index (χ0n) is 6.54. The summed E-state index contributed by atoms with van der Waals surface area (Å²) in [7, 11) is 0. The van der Waals surface area contributed by atoms with Gasteiger partial charge in [0.15, 0.2) is 0 Å². The average Bonchev–Trinajstić information content (AvgIpc) is 1.63. The van der Waals surface area contributed by atoms with E-state index < -0.39 is 0 Å². The first-order valence-corrected chi connectivity index (χ1v) is 4.16. The molecule has 1 nitrogen and oxygen atoms in total. The Morgan fingerprint density at radius 3 is 1.67 bits per heavy atom. The van der Waals surface area contributed by atoms with E-state index in [1.165, 1.54) is 32.2 Å². The second-order valence-corrected chi connectivity index (χ2v) is 2.81. The van der Waals surface area contributed by atoms with Gasteiger partial charge in [-0.25, -0.2) is 0 Å². The molecule has 0 bridgehead atoms. The van der Waals surface area contributed by atoms with E-state index in [-0.39, 0.29) is 0 Å². The van der Waals surface area contributed by atoms with Gasteiger partial charge < -0.3 is 5.32 Å². The van der Waals surface area contributed by atoms with Gasteiger partial charge in [-0.1, -0.05) is 13.8 Å². The van der Waals surface area contributed by atoms with E-state index in [9.17, 15) is 0 Å². The normalized spacial score (nSPS) is 27.3. The number of hydrogen-bond donors (Lipinski definition) is 1. The van der Waals surface area contributed by atoms with Crippen molar-refractivity contribution in [1.29, 1.82) is 0 Å². The van der Waals surface area contributed by atoms with Crippen LogP contribution in [0.25, 0.3) is 0 Å². The van der Waals surface area contributed by atoms with E-state index in [1.807, 2.05) is 13.8 Å². The lowest BCUT2D eigenvalue weighted by Gasteiger charge is -2.50. The van der Waals surface area contributed by atoms with Crippen molar-refractivity contribution < 1.29 is 0 Å². The third-order valence-corrected chi connectivity index (χ3v) is 2.41. The number of nitrogens with one attached hydrogen (secondary N) is 1.